The molecule has 4 nitrogen and oxygen atoms in total. The van der Waals surface area contributed by atoms with Crippen LogP contribution in [0, 0.1) is 0 Å². The number of carbonyl (C=O) groups excluding carboxylic acids is 2. The minimum Gasteiger partial charge on any atom is -0.341 e. The molecule has 0 saturated carbocycles. The number of likely N-dealkylation sites (tertiary alicyclic amines) is 1. The lowest BCUT2D eigenvalue weighted by atomic mass is 9.86. The molecule has 1 aliphatic heterocycles. The topological polar surface area (TPSA) is 49.4 Å². The molecule has 1 unspecified atom stereocenters. The average Bonchev–Trinajstić information content (AvgIpc) is 2.82. The lowest BCUT2D eigenvalue weighted by Gasteiger charge is -2.24. The standard InChI is InChI=1S/C20H30N2O2/c1-15(19(24)22-13-7-5-6-8-14-22)21-18(23)16-9-11-17(12-10-16)20(2,3)4/h9-12,15H,5-8,13-14H2,1-4H3,(H,21,23). The van der Waals surface area contributed by atoms with Crippen molar-refractivity contribution in [3.05, 3.63) is 35.4 Å². The normalized spacial score (nSPS) is 17.1. The van der Waals surface area contributed by atoms with Gasteiger partial charge in [-0.3, -0.25) is 9.59 Å². The first-order valence-electron chi connectivity index (χ1n) is 8.99. The van der Waals surface area contributed by atoms with E-state index in [1.54, 1.807) is 6.92 Å². The third-order valence-corrected chi connectivity index (χ3v) is 4.65. The Labute approximate surface area is 145 Å². The summed E-state index contributed by atoms with van der Waals surface area (Å²) in [6.45, 7) is 9.81. The molecule has 1 aromatic rings. The molecule has 0 radical (unpaired) electrons. The summed E-state index contributed by atoms with van der Waals surface area (Å²) in [6.07, 6.45) is 4.48. The van der Waals surface area contributed by atoms with Gasteiger partial charge in [-0.2, -0.15) is 0 Å². The predicted molar refractivity (Wildman–Crippen MR) is 97.1 cm³/mol. The Morgan fingerprint density at radius 3 is 2.04 bits per heavy atom. The summed E-state index contributed by atoms with van der Waals surface area (Å²) in [7, 11) is 0. The van der Waals surface area contributed by atoms with Crippen molar-refractivity contribution in [2.45, 2.75) is 64.8 Å². The SMILES string of the molecule is CC(NC(=O)c1ccc(C(C)(C)C)cc1)C(=O)N1CCCCCC1. The lowest BCUT2D eigenvalue weighted by molar-refractivity contribution is -0.132. The van der Waals surface area contributed by atoms with E-state index in [0.29, 0.717) is 5.56 Å². The minimum atomic E-state index is -0.488. The highest BCUT2D eigenvalue weighted by Gasteiger charge is 2.23. The lowest BCUT2D eigenvalue weighted by Crippen LogP contribution is -2.47. The van der Waals surface area contributed by atoms with E-state index < -0.39 is 6.04 Å². The van der Waals surface area contributed by atoms with E-state index in [9.17, 15) is 9.59 Å². The van der Waals surface area contributed by atoms with Crippen molar-refractivity contribution in [1.29, 1.82) is 0 Å². The Morgan fingerprint density at radius 1 is 1.00 bits per heavy atom. The van der Waals surface area contributed by atoms with Gasteiger partial charge in [0.05, 0.1) is 0 Å². The van der Waals surface area contributed by atoms with Crippen LogP contribution in [0.4, 0.5) is 0 Å². The van der Waals surface area contributed by atoms with Crippen molar-refractivity contribution in [3.8, 4) is 0 Å². The van der Waals surface area contributed by atoms with E-state index in [0.717, 1.165) is 25.9 Å². The van der Waals surface area contributed by atoms with Crippen molar-refractivity contribution in [3.63, 3.8) is 0 Å². The van der Waals surface area contributed by atoms with Crippen LogP contribution in [0.3, 0.4) is 0 Å². The fourth-order valence-corrected chi connectivity index (χ4v) is 3.03. The molecule has 0 aliphatic carbocycles. The van der Waals surface area contributed by atoms with Gasteiger partial charge in [-0.15, -0.1) is 0 Å². The number of amides is 2. The number of benzene rings is 1. The number of rotatable bonds is 3. The second-order valence-electron chi connectivity index (χ2n) is 7.76. The Morgan fingerprint density at radius 2 is 1.54 bits per heavy atom. The molecule has 0 aromatic heterocycles. The maximum atomic E-state index is 12.5. The highest BCUT2D eigenvalue weighted by atomic mass is 16.2. The molecule has 4 heteroatoms. The Hall–Kier alpha value is -1.84. The van der Waals surface area contributed by atoms with Gasteiger partial charge < -0.3 is 10.2 Å². The molecule has 1 aliphatic rings. The summed E-state index contributed by atoms with van der Waals surface area (Å²) in [5, 5.41) is 2.84. The summed E-state index contributed by atoms with van der Waals surface area (Å²) in [6, 6.07) is 7.14. The van der Waals surface area contributed by atoms with E-state index in [1.165, 1.54) is 18.4 Å². The monoisotopic (exact) mass is 330 g/mol. The van der Waals surface area contributed by atoms with Crippen LogP contribution in [0.1, 0.15) is 69.3 Å². The second-order valence-corrected chi connectivity index (χ2v) is 7.76. The van der Waals surface area contributed by atoms with E-state index in [1.807, 2.05) is 29.2 Å². The molecule has 24 heavy (non-hydrogen) atoms. The fourth-order valence-electron chi connectivity index (χ4n) is 3.03. The van der Waals surface area contributed by atoms with Crippen LogP contribution in [-0.4, -0.2) is 35.8 Å². The van der Waals surface area contributed by atoms with Crippen LogP contribution < -0.4 is 5.32 Å². The molecule has 1 heterocycles. The zero-order valence-electron chi connectivity index (χ0n) is 15.4. The van der Waals surface area contributed by atoms with Crippen LogP contribution >= 0.6 is 0 Å². The van der Waals surface area contributed by atoms with Gasteiger partial charge in [0.1, 0.15) is 6.04 Å². The third kappa shape index (κ3) is 4.83. The van der Waals surface area contributed by atoms with Gasteiger partial charge in [0, 0.05) is 18.7 Å². The van der Waals surface area contributed by atoms with E-state index in [4.69, 9.17) is 0 Å². The molecule has 132 valence electrons. The number of hydrogen-bond acceptors (Lipinski definition) is 2. The first-order valence-corrected chi connectivity index (χ1v) is 8.99. The molecule has 1 fully saturated rings. The van der Waals surface area contributed by atoms with Crippen LogP contribution in [0.25, 0.3) is 0 Å². The Bertz CT molecular complexity index is 564. The number of hydrogen-bond donors (Lipinski definition) is 1. The molecule has 1 saturated heterocycles. The third-order valence-electron chi connectivity index (χ3n) is 4.65. The van der Waals surface area contributed by atoms with Gasteiger partial charge in [0.25, 0.3) is 5.91 Å². The van der Waals surface area contributed by atoms with Gasteiger partial charge in [0.2, 0.25) is 5.91 Å². The van der Waals surface area contributed by atoms with E-state index in [-0.39, 0.29) is 17.2 Å². The van der Waals surface area contributed by atoms with Gasteiger partial charge in [-0.05, 0) is 42.9 Å². The van der Waals surface area contributed by atoms with Gasteiger partial charge >= 0.3 is 0 Å². The maximum Gasteiger partial charge on any atom is 0.251 e. The van der Waals surface area contributed by atoms with Crippen molar-refractivity contribution in [2.75, 3.05) is 13.1 Å². The quantitative estimate of drug-likeness (QED) is 0.922. The second kappa shape index (κ2) is 7.82. The molecule has 1 aromatic carbocycles. The molecule has 0 spiro atoms. The number of nitrogens with zero attached hydrogens (tertiary/aromatic N) is 1. The molecule has 1 atom stereocenters. The summed E-state index contributed by atoms with van der Waals surface area (Å²) >= 11 is 0. The van der Waals surface area contributed by atoms with Crippen molar-refractivity contribution >= 4 is 11.8 Å². The van der Waals surface area contributed by atoms with Gasteiger partial charge in [0.15, 0.2) is 0 Å². The summed E-state index contributed by atoms with van der Waals surface area (Å²) < 4.78 is 0. The summed E-state index contributed by atoms with van der Waals surface area (Å²) in [4.78, 5) is 26.8. The number of carbonyl (C=O) groups is 2. The molecular weight excluding hydrogens is 300 g/mol. The van der Waals surface area contributed by atoms with Gasteiger partial charge in [-0.1, -0.05) is 45.7 Å². The molecule has 1 N–H and O–H groups in total. The highest BCUT2D eigenvalue weighted by molar-refractivity contribution is 5.97. The molecule has 0 bridgehead atoms. The van der Waals surface area contributed by atoms with Crippen molar-refractivity contribution in [2.24, 2.45) is 0 Å². The summed E-state index contributed by atoms with van der Waals surface area (Å²) in [5.41, 5.74) is 1.84. The van der Waals surface area contributed by atoms with Crippen LogP contribution in [0.5, 0.6) is 0 Å². The van der Waals surface area contributed by atoms with Crippen LogP contribution in [0.2, 0.25) is 0 Å². The molecular formula is C20H30N2O2. The van der Waals surface area contributed by atoms with Gasteiger partial charge in [-0.25, -0.2) is 0 Å². The largest absolute Gasteiger partial charge is 0.341 e. The van der Waals surface area contributed by atoms with Crippen LogP contribution in [-0.2, 0) is 10.2 Å². The zero-order chi connectivity index (χ0) is 17.7. The molecule has 2 amide bonds. The first kappa shape index (κ1) is 18.5. The van der Waals surface area contributed by atoms with Crippen molar-refractivity contribution < 1.29 is 9.59 Å². The van der Waals surface area contributed by atoms with E-state index >= 15 is 0 Å². The van der Waals surface area contributed by atoms with Crippen molar-refractivity contribution in [1.82, 2.24) is 10.2 Å². The molecule has 2 rings (SSSR count). The predicted octanol–water partition coefficient (Wildman–Crippen LogP) is 3.51. The Kier molecular flexibility index (Phi) is 6.03. The minimum absolute atomic E-state index is 0.0246. The Balaban J connectivity index is 1.96. The highest BCUT2D eigenvalue weighted by Crippen LogP contribution is 2.22. The number of nitrogens with one attached hydrogen (secondary N) is 1. The smallest absolute Gasteiger partial charge is 0.251 e. The first-order chi connectivity index (χ1) is 11.3. The van der Waals surface area contributed by atoms with Crippen LogP contribution in [0.15, 0.2) is 24.3 Å². The van der Waals surface area contributed by atoms with E-state index in [2.05, 4.69) is 26.1 Å². The fraction of sp³-hybridized carbons (Fsp3) is 0.600. The zero-order valence-corrected chi connectivity index (χ0v) is 15.4. The summed E-state index contributed by atoms with van der Waals surface area (Å²) in [5.74, 6) is -0.164. The maximum absolute atomic E-state index is 12.5. The average molecular weight is 330 g/mol.